The minimum atomic E-state index is 0. The summed E-state index contributed by atoms with van der Waals surface area (Å²) in [5, 5.41) is 0. The fraction of sp³-hybridized carbons (Fsp3) is 0.455. The van der Waals surface area contributed by atoms with Crippen LogP contribution < -0.4 is 5.73 Å². The lowest BCUT2D eigenvalue weighted by Crippen LogP contribution is -2.00. The fourth-order valence-electron chi connectivity index (χ4n) is 1.52. The zero-order valence-electron chi connectivity index (χ0n) is 8.34. The molecule has 0 aliphatic rings. The molecule has 0 heterocycles. The average molecular weight is 200 g/mol. The van der Waals surface area contributed by atoms with Crippen molar-refractivity contribution in [1.29, 1.82) is 0 Å². The molecule has 0 spiro atoms. The van der Waals surface area contributed by atoms with Crippen LogP contribution in [0.1, 0.15) is 23.1 Å². The molecule has 0 radical (unpaired) electrons. The minimum Gasteiger partial charge on any atom is -0.330 e. The summed E-state index contributed by atoms with van der Waals surface area (Å²) < 4.78 is 0. The van der Waals surface area contributed by atoms with Crippen molar-refractivity contribution < 1.29 is 0 Å². The van der Waals surface area contributed by atoms with E-state index in [1.807, 2.05) is 0 Å². The molecule has 0 amide bonds. The second-order valence-corrected chi connectivity index (χ2v) is 3.39. The summed E-state index contributed by atoms with van der Waals surface area (Å²) in [6, 6.07) is 6.68. The van der Waals surface area contributed by atoms with Crippen molar-refractivity contribution in [3.8, 4) is 0 Å². The van der Waals surface area contributed by atoms with Crippen LogP contribution in [0.3, 0.4) is 0 Å². The molecule has 0 atom stereocenters. The highest BCUT2D eigenvalue weighted by atomic mass is 35.5. The Kier molecular flexibility index (Phi) is 5.76. The topological polar surface area (TPSA) is 26.0 Å². The van der Waals surface area contributed by atoms with Gasteiger partial charge in [0.25, 0.3) is 0 Å². The molecule has 1 nitrogen and oxygen atoms in total. The predicted molar refractivity (Wildman–Crippen MR) is 60.5 cm³/mol. The van der Waals surface area contributed by atoms with Crippen LogP contribution in [0.4, 0.5) is 0 Å². The van der Waals surface area contributed by atoms with Crippen LogP contribution in [-0.4, -0.2) is 6.54 Å². The van der Waals surface area contributed by atoms with Crippen LogP contribution >= 0.6 is 12.4 Å². The number of nitrogens with two attached hydrogens (primary N) is 1. The lowest BCUT2D eigenvalue weighted by molar-refractivity contribution is 0.831. The Morgan fingerprint density at radius 2 is 1.62 bits per heavy atom. The van der Waals surface area contributed by atoms with Gasteiger partial charge in [-0.25, -0.2) is 0 Å². The van der Waals surface area contributed by atoms with Gasteiger partial charge in [0.05, 0.1) is 0 Å². The third-order valence-corrected chi connectivity index (χ3v) is 1.95. The maximum absolute atomic E-state index is 5.45. The molecule has 0 saturated heterocycles. The summed E-state index contributed by atoms with van der Waals surface area (Å²) in [5.74, 6) is 0. The molecule has 0 bridgehead atoms. The Morgan fingerprint density at radius 3 is 2.08 bits per heavy atom. The van der Waals surface area contributed by atoms with E-state index in [4.69, 9.17) is 5.73 Å². The number of halogens is 1. The van der Waals surface area contributed by atoms with E-state index in [-0.39, 0.29) is 12.4 Å². The van der Waals surface area contributed by atoms with Crippen LogP contribution in [0.25, 0.3) is 0 Å². The lowest BCUT2D eigenvalue weighted by Gasteiger charge is -2.03. The Hall–Kier alpha value is -0.530. The van der Waals surface area contributed by atoms with E-state index in [1.54, 1.807) is 0 Å². The SMILES string of the molecule is Cc1cc(C)cc(CCCN)c1.Cl. The van der Waals surface area contributed by atoms with Gasteiger partial charge >= 0.3 is 0 Å². The van der Waals surface area contributed by atoms with E-state index in [2.05, 4.69) is 32.0 Å². The molecule has 1 aromatic carbocycles. The van der Waals surface area contributed by atoms with Gasteiger partial charge in [0.1, 0.15) is 0 Å². The number of aryl methyl sites for hydroxylation is 3. The average Bonchev–Trinajstić information content (AvgIpc) is 1.99. The first-order chi connectivity index (χ1) is 5.72. The number of rotatable bonds is 3. The lowest BCUT2D eigenvalue weighted by atomic mass is 10.0. The van der Waals surface area contributed by atoms with Crippen LogP contribution in [0.5, 0.6) is 0 Å². The van der Waals surface area contributed by atoms with Gasteiger partial charge in [0.15, 0.2) is 0 Å². The first kappa shape index (κ1) is 12.5. The van der Waals surface area contributed by atoms with Gasteiger partial charge in [-0.2, -0.15) is 0 Å². The summed E-state index contributed by atoms with van der Waals surface area (Å²) in [7, 11) is 0. The highest BCUT2D eigenvalue weighted by molar-refractivity contribution is 5.85. The molecule has 2 N–H and O–H groups in total. The van der Waals surface area contributed by atoms with Crippen LogP contribution in [0, 0.1) is 13.8 Å². The summed E-state index contributed by atoms with van der Waals surface area (Å²) in [4.78, 5) is 0. The van der Waals surface area contributed by atoms with E-state index in [0.717, 1.165) is 19.4 Å². The van der Waals surface area contributed by atoms with Gasteiger partial charge < -0.3 is 5.73 Å². The Morgan fingerprint density at radius 1 is 1.08 bits per heavy atom. The molecule has 74 valence electrons. The van der Waals surface area contributed by atoms with E-state index < -0.39 is 0 Å². The Bertz CT molecular complexity index is 238. The smallest absolute Gasteiger partial charge is 0.00741 e. The molecule has 1 rings (SSSR count). The molecule has 0 unspecified atom stereocenters. The molecule has 2 heteroatoms. The zero-order chi connectivity index (χ0) is 8.97. The third kappa shape index (κ3) is 4.30. The van der Waals surface area contributed by atoms with E-state index in [9.17, 15) is 0 Å². The van der Waals surface area contributed by atoms with Crippen LogP contribution in [0.2, 0.25) is 0 Å². The van der Waals surface area contributed by atoms with Gasteiger partial charge in [-0.3, -0.25) is 0 Å². The van der Waals surface area contributed by atoms with Crippen molar-refractivity contribution in [2.75, 3.05) is 6.54 Å². The quantitative estimate of drug-likeness (QED) is 0.796. The van der Waals surface area contributed by atoms with Gasteiger partial charge in [-0.15, -0.1) is 12.4 Å². The van der Waals surface area contributed by atoms with Crippen molar-refractivity contribution in [2.24, 2.45) is 5.73 Å². The summed E-state index contributed by atoms with van der Waals surface area (Å²) in [5.41, 5.74) is 9.57. The first-order valence-corrected chi connectivity index (χ1v) is 4.49. The van der Waals surface area contributed by atoms with Gasteiger partial charge in [-0.05, 0) is 38.8 Å². The second-order valence-electron chi connectivity index (χ2n) is 3.39. The minimum absolute atomic E-state index is 0. The van der Waals surface area contributed by atoms with Crippen LogP contribution in [0.15, 0.2) is 18.2 Å². The molecule has 0 aliphatic carbocycles. The molecule has 0 saturated carbocycles. The molecule has 1 aromatic rings. The third-order valence-electron chi connectivity index (χ3n) is 1.95. The maximum atomic E-state index is 5.45. The van der Waals surface area contributed by atoms with E-state index in [0.29, 0.717) is 0 Å². The van der Waals surface area contributed by atoms with Crippen LogP contribution in [-0.2, 0) is 6.42 Å². The van der Waals surface area contributed by atoms with Gasteiger partial charge in [0.2, 0.25) is 0 Å². The van der Waals surface area contributed by atoms with Crippen molar-refractivity contribution >= 4 is 12.4 Å². The standard InChI is InChI=1S/C11H17N.ClH/c1-9-6-10(2)8-11(7-9)4-3-5-12;/h6-8H,3-5,12H2,1-2H3;1H. The van der Waals surface area contributed by atoms with E-state index >= 15 is 0 Å². The normalized spacial score (nSPS) is 9.46. The highest BCUT2D eigenvalue weighted by Gasteiger charge is 1.94. The molecule has 0 fully saturated rings. The predicted octanol–water partition coefficient (Wildman–Crippen LogP) is 2.62. The molecule has 0 aromatic heterocycles. The monoisotopic (exact) mass is 199 g/mol. The number of hydrogen-bond acceptors (Lipinski definition) is 1. The molecule has 0 aliphatic heterocycles. The molecule has 13 heavy (non-hydrogen) atoms. The van der Waals surface area contributed by atoms with Crippen molar-refractivity contribution in [3.05, 3.63) is 34.9 Å². The van der Waals surface area contributed by atoms with Crippen molar-refractivity contribution in [2.45, 2.75) is 26.7 Å². The largest absolute Gasteiger partial charge is 0.330 e. The molecular formula is C11H18ClN. The van der Waals surface area contributed by atoms with Crippen molar-refractivity contribution in [1.82, 2.24) is 0 Å². The van der Waals surface area contributed by atoms with Crippen molar-refractivity contribution in [3.63, 3.8) is 0 Å². The van der Waals surface area contributed by atoms with Gasteiger partial charge in [-0.1, -0.05) is 29.3 Å². The van der Waals surface area contributed by atoms with Gasteiger partial charge in [0, 0.05) is 0 Å². The van der Waals surface area contributed by atoms with E-state index in [1.165, 1.54) is 16.7 Å². The summed E-state index contributed by atoms with van der Waals surface area (Å²) in [6.07, 6.45) is 2.20. The molecular weight excluding hydrogens is 182 g/mol. The summed E-state index contributed by atoms with van der Waals surface area (Å²) >= 11 is 0. The maximum Gasteiger partial charge on any atom is -0.00741 e. The highest BCUT2D eigenvalue weighted by Crippen LogP contribution is 2.10. The first-order valence-electron chi connectivity index (χ1n) is 4.49. The summed E-state index contributed by atoms with van der Waals surface area (Å²) in [6.45, 7) is 5.06. The number of benzene rings is 1. The number of hydrogen-bond donors (Lipinski definition) is 1. The Balaban J connectivity index is 0.00000144. The zero-order valence-corrected chi connectivity index (χ0v) is 9.16. The fourth-order valence-corrected chi connectivity index (χ4v) is 1.52. The Labute approximate surface area is 86.7 Å². The second kappa shape index (κ2) is 6.01.